The highest BCUT2D eigenvalue weighted by Crippen LogP contribution is 2.63. The predicted octanol–water partition coefficient (Wildman–Crippen LogP) is 3.36. The van der Waals surface area contributed by atoms with Crippen molar-refractivity contribution < 1.29 is 19.4 Å². The van der Waals surface area contributed by atoms with Gasteiger partial charge in [0.15, 0.2) is 0 Å². The van der Waals surface area contributed by atoms with Crippen molar-refractivity contribution in [2.45, 2.75) is 109 Å². The molecule has 5 rings (SSSR count). The van der Waals surface area contributed by atoms with Crippen LogP contribution < -0.4 is 5.32 Å². The van der Waals surface area contributed by atoms with Gasteiger partial charge in [0.1, 0.15) is 17.7 Å². The quantitative estimate of drug-likeness (QED) is 0.713. The van der Waals surface area contributed by atoms with E-state index >= 15 is 0 Å². The fourth-order valence-corrected chi connectivity index (χ4v) is 7.36. The number of carbonyl (C=O) groups is 2. The number of ether oxygens (including phenoxy) is 1. The van der Waals surface area contributed by atoms with Gasteiger partial charge in [-0.3, -0.25) is 4.79 Å². The molecule has 6 atom stereocenters. The summed E-state index contributed by atoms with van der Waals surface area (Å²) in [6, 6.07) is 0.946. The lowest BCUT2D eigenvalue weighted by molar-refractivity contribution is -0.180. The summed E-state index contributed by atoms with van der Waals surface area (Å²) in [5.74, 6) is 0.781. The second kappa shape index (κ2) is 7.37. The molecule has 2 amide bonds. The molecular weight excluding hydrogens is 394 g/mol. The highest BCUT2D eigenvalue weighted by Gasteiger charge is 2.62. The summed E-state index contributed by atoms with van der Waals surface area (Å²) in [6.45, 7) is 9.44. The average molecular weight is 432 g/mol. The first-order valence-electron chi connectivity index (χ1n) is 11.8. The zero-order chi connectivity index (χ0) is 22.8. The van der Waals surface area contributed by atoms with Gasteiger partial charge in [0.05, 0.1) is 11.7 Å². The Morgan fingerprint density at radius 1 is 1.16 bits per heavy atom. The van der Waals surface area contributed by atoms with Crippen molar-refractivity contribution in [2.75, 3.05) is 0 Å². The van der Waals surface area contributed by atoms with E-state index in [-0.39, 0.29) is 17.9 Å². The van der Waals surface area contributed by atoms with E-state index in [4.69, 9.17) is 4.74 Å². The van der Waals surface area contributed by atoms with Crippen LogP contribution in [-0.2, 0) is 9.53 Å². The van der Waals surface area contributed by atoms with Crippen molar-refractivity contribution in [3.05, 3.63) is 0 Å². The standard InChI is InChI=1S/C24H37N3O4/c1-14-6-18(12-25)27(15(14)2)20(28)19(26-21(29)31-22(3,4)5)23-8-16-7-17(9-23)11-24(30,10-16)13-23/h14-19,30H,6-11,13H2,1-5H3,(H,26,29)/t14-,15-,16?,17?,18-,19+,23?,24?/m0/s1. The SMILES string of the molecule is C[C@H]1C[C@@H](C#N)N(C(=O)[C@@H](NC(=O)OC(C)(C)C)C23CC4CC(CC(O)(C4)C2)C3)[C@H]1C. The van der Waals surface area contributed by atoms with E-state index in [2.05, 4.69) is 18.3 Å². The number of nitriles is 1. The minimum atomic E-state index is -0.789. The van der Waals surface area contributed by atoms with Gasteiger partial charge in [-0.05, 0) is 90.4 Å². The molecular formula is C24H37N3O4. The molecule has 7 nitrogen and oxygen atoms in total. The van der Waals surface area contributed by atoms with Crippen molar-refractivity contribution in [1.82, 2.24) is 10.2 Å². The van der Waals surface area contributed by atoms with Gasteiger partial charge in [0.2, 0.25) is 5.91 Å². The van der Waals surface area contributed by atoms with Crippen LogP contribution in [0.1, 0.15) is 79.6 Å². The third-order valence-electron chi connectivity index (χ3n) is 8.19. The summed E-state index contributed by atoms with van der Waals surface area (Å²) >= 11 is 0. The molecule has 7 heteroatoms. The molecule has 4 bridgehead atoms. The summed E-state index contributed by atoms with van der Waals surface area (Å²) in [6.07, 6.45) is 4.88. The molecule has 0 spiro atoms. The number of aliphatic hydroxyl groups is 1. The molecule has 2 N–H and O–H groups in total. The monoisotopic (exact) mass is 431 g/mol. The lowest BCUT2D eigenvalue weighted by Gasteiger charge is -2.62. The van der Waals surface area contributed by atoms with E-state index in [1.54, 1.807) is 25.7 Å². The number of hydrogen-bond donors (Lipinski definition) is 2. The fraction of sp³-hybridized carbons (Fsp3) is 0.875. The lowest BCUT2D eigenvalue weighted by atomic mass is 9.46. The van der Waals surface area contributed by atoms with Crippen LogP contribution in [0.25, 0.3) is 0 Å². The van der Waals surface area contributed by atoms with Crippen molar-refractivity contribution in [2.24, 2.45) is 23.2 Å². The molecule has 4 aliphatic carbocycles. The second-order valence-electron chi connectivity index (χ2n) is 12.0. The second-order valence-corrected chi connectivity index (χ2v) is 12.0. The van der Waals surface area contributed by atoms with Gasteiger partial charge in [-0.25, -0.2) is 4.79 Å². The number of rotatable bonds is 3. The Balaban J connectivity index is 1.68. The highest BCUT2D eigenvalue weighted by atomic mass is 16.6. The van der Waals surface area contributed by atoms with E-state index in [9.17, 15) is 20.0 Å². The molecule has 4 saturated carbocycles. The number of carbonyl (C=O) groups excluding carboxylic acids is 2. The van der Waals surface area contributed by atoms with Crippen LogP contribution in [0.15, 0.2) is 0 Å². The molecule has 1 heterocycles. The average Bonchev–Trinajstić information content (AvgIpc) is 2.89. The van der Waals surface area contributed by atoms with Gasteiger partial charge in [0, 0.05) is 11.5 Å². The summed E-state index contributed by atoms with van der Waals surface area (Å²) in [5, 5.41) is 23.9. The number of nitrogens with one attached hydrogen (secondary N) is 1. The Labute approximate surface area is 185 Å². The van der Waals surface area contributed by atoms with Gasteiger partial charge in [-0.15, -0.1) is 0 Å². The fourth-order valence-electron chi connectivity index (χ4n) is 7.36. The van der Waals surface area contributed by atoms with E-state index in [1.165, 1.54) is 0 Å². The van der Waals surface area contributed by atoms with Crippen LogP contribution in [0.4, 0.5) is 4.79 Å². The van der Waals surface area contributed by atoms with E-state index in [0.717, 1.165) is 32.1 Å². The topological polar surface area (TPSA) is 103 Å². The number of hydrogen-bond acceptors (Lipinski definition) is 5. The largest absolute Gasteiger partial charge is 0.444 e. The Kier molecular flexibility index (Phi) is 5.32. The number of alkyl carbamates (subject to hydrolysis) is 1. The van der Waals surface area contributed by atoms with Crippen LogP contribution in [0.5, 0.6) is 0 Å². The van der Waals surface area contributed by atoms with E-state index in [0.29, 0.717) is 24.7 Å². The maximum Gasteiger partial charge on any atom is 0.408 e. The molecule has 0 aromatic rings. The normalized spacial score (nSPS) is 42.2. The highest BCUT2D eigenvalue weighted by molar-refractivity contribution is 5.88. The smallest absolute Gasteiger partial charge is 0.408 e. The molecule has 0 radical (unpaired) electrons. The molecule has 172 valence electrons. The minimum Gasteiger partial charge on any atom is -0.444 e. The number of nitrogens with zero attached hydrogens (tertiary/aromatic N) is 2. The summed E-state index contributed by atoms with van der Waals surface area (Å²) < 4.78 is 5.52. The van der Waals surface area contributed by atoms with Crippen molar-refractivity contribution in [1.29, 1.82) is 5.26 Å². The first-order chi connectivity index (χ1) is 14.3. The van der Waals surface area contributed by atoms with Crippen molar-refractivity contribution in [3.63, 3.8) is 0 Å². The van der Waals surface area contributed by atoms with Crippen molar-refractivity contribution in [3.8, 4) is 6.07 Å². The van der Waals surface area contributed by atoms with Crippen LogP contribution in [0.2, 0.25) is 0 Å². The zero-order valence-electron chi connectivity index (χ0n) is 19.5. The van der Waals surface area contributed by atoms with Gasteiger partial charge in [-0.2, -0.15) is 5.26 Å². The van der Waals surface area contributed by atoms with E-state index in [1.807, 2.05) is 6.92 Å². The molecule has 0 aromatic heterocycles. The number of likely N-dealkylation sites (tertiary alicyclic amines) is 1. The Morgan fingerprint density at radius 3 is 2.29 bits per heavy atom. The van der Waals surface area contributed by atoms with Crippen LogP contribution in [0, 0.1) is 34.5 Å². The maximum absolute atomic E-state index is 14.0. The first kappa shape index (κ1) is 22.4. The summed E-state index contributed by atoms with van der Waals surface area (Å²) in [7, 11) is 0. The summed E-state index contributed by atoms with van der Waals surface area (Å²) in [5.41, 5.74) is -1.92. The van der Waals surface area contributed by atoms with E-state index < -0.39 is 34.8 Å². The molecule has 31 heavy (non-hydrogen) atoms. The molecule has 1 saturated heterocycles. The lowest BCUT2D eigenvalue weighted by Crippen LogP contribution is -2.67. The Bertz CT molecular complexity index is 784. The van der Waals surface area contributed by atoms with Crippen molar-refractivity contribution >= 4 is 12.0 Å². The maximum atomic E-state index is 14.0. The summed E-state index contributed by atoms with van der Waals surface area (Å²) in [4.78, 5) is 28.5. The van der Waals surface area contributed by atoms with Gasteiger partial charge in [0.25, 0.3) is 0 Å². The van der Waals surface area contributed by atoms with Gasteiger partial charge >= 0.3 is 6.09 Å². The first-order valence-corrected chi connectivity index (χ1v) is 11.8. The van der Waals surface area contributed by atoms with Crippen LogP contribution in [0.3, 0.4) is 0 Å². The van der Waals surface area contributed by atoms with Gasteiger partial charge < -0.3 is 20.1 Å². The minimum absolute atomic E-state index is 0.0721. The third-order valence-corrected chi connectivity index (χ3v) is 8.19. The predicted molar refractivity (Wildman–Crippen MR) is 115 cm³/mol. The van der Waals surface area contributed by atoms with Gasteiger partial charge in [-0.1, -0.05) is 6.92 Å². The number of amides is 2. The molecule has 1 aliphatic heterocycles. The molecule has 0 aromatic carbocycles. The zero-order valence-corrected chi connectivity index (χ0v) is 19.5. The molecule has 2 unspecified atom stereocenters. The van der Waals surface area contributed by atoms with Crippen LogP contribution >= 0.6 is 0 Å². The Hall–Kier alpha value is -1.81. The third kappa shape index (κ3) is 4.04. The van der Waals surface area contributed by atoms with Crippen LogP contribution in [-0.4, -0.2) is 51.3 Å². The molecule has 5 fully saturated rings. The Morgan fingerprint density at radius 2 is 1.77 bits per heavy atom. The molecule has 5 aliphatic rings.